The standard InChI is InChI=1S/C22H44O2.CH5N/c1-6-7-8-9-10-11-12-13-14-15-16-17-18-21(19(2)3)22(23)24-20(4)5;1-2/h19-21H,6-18H2,1-5H3;2H2,1H3. The molecule has 26 heavy (non-hydrogen) atoms. The highest BCUT2D eigenvalue weighted by Gasteiger charge is 2.23. The Labute approximate surface area is 164 Å². The Morgan fingerprint density at radius 2 is 1.12 bits per heavy atom. The Bertz CT molecular complexity index is 290. The summed E-state index contributed by atoms with van der Waals surface area (Å²) in [4.78, 5) is 12.1. The summed E-state index contributed by atoms with van der Waals surface area (Å²) in [6.45, 7) is 10.4. The number of hydrogen-bond donors (Lipinski definition) is 1. The maximum absolute atomic E-state index is 12.1. The van der Waals surface area contributed by atoms with Gasteiger partial charge in [-0.2, -0.15) is 0 Å². The van der Waals surface area contributed by atoms with E-state index in [1.165, 1.54) is 77.7 Å². The van der Waals surface area contributed by atoms with E-state index in [-0.39, 0.29) is 18.0 Å². The van der Waals surface area contributed by atoms with Crippen molar-refractivity contribution in [2.24, 2.45) is 17.6 Å². The van der Waals surface area contributed by atoms with Crippen molar-refractivity contribution in [3.8, 4) is 0 Å². The number of hydrogen-bond acceptors (Lipinski definition) is 3. The van der Waals surface area contributed by atoms with Crippen LogP contribution in [0.25, 0.3) is 0 Å². The minimum absolute atomic E-state index is 0.000669. The molecule has 1 atom stereocenters. The number of carbonyl (C=O) groups is 1. The molecule has 0 amide bonds. The monoisotopic (exact) mass is 371 g/mol. The second kappa shape index (κ2) is 20.7. The second-order valence-electron chi connectivity index (χ2n) is 8.01. The summed E-state index contributed by atoms with van der Waals surface area (Å²) in [5.41, 5.74) is 4.50. The topological polar surface area (TPSA) is 52.3 Å². The maximum Gasteiger partial charge on any atom is 0.309 e. The fourth-order valence-electron chi connectivity index (χ4n) is 3.25. The summed E-state index contributed by atoms with van der Waals surface area (Å²) >= 11 is 0. The molecule has 0 radical (unpaired) electrons. The predicted molar refractivity (Wildman–Crippen MR) is 115 cm³/mol. The minimum Gasteiger partial charge on any atom is -0.463 e. The average molecular weight is 372 g/mol. The largest absolute Gasteiger partial charge is 0.463 e. The molecule has 0 spiro atoms. The Hall–Kier alpha value is -0.570. The van der Waals surface area contributed by atoms with E-state index in [0.29, 0.717) is 5.92 Å². The molecule has 0 saturated carbocycles. The van der Waals surface area contributed by atoms with Crippen LogP contribution in [-0.4, -0.2) is 19.1 Å². The lowest BCUT2D eigenvalue weighted by molar-refractivity contribution is -0.154. The van der Waals surface area contributed by atoms with Crippen LogP contribution < -0.4 is 5.73 Å². The lowest BCUT2D eigenvalue weighted by Gasteiger charge is -2.20. The van der Waals surface area contributed by atoms with Crippen LogP contribution >= 0.6 is 0 Å². The van der Waals surface area contributed by atoms with Crippen LogP contribution in [0, 0.1) is 11.8 Å². The van der Waals surface area contributed by atoms with Crippen molar-refractivity contribution in [2.75, 3.05) is 7.05 Å². The Kier molecular flexibility index (Phi) is 22.1. The van der Waals surface area contributed by atoms with Gasteiger partial charge in [-0.25, -0.2) is 0 Å². The van der Waals surface area contributed by atoms with E-state index in [1.54, 1.807) is 0 Å². The molecule has 0 aromatic heterocycles. The molecular formula is C23H49NO2. The first-order chi connectivity index (χ1) is 12.5. The molecule has 0 bridgehead atoms. The van der Waals surface area contributed by atoms with Gasteiger partial charge >= 0.3 is 5.97 Å². The van der Waals surface area contributed by atoms with Gasteiger partial charge in [-0.05, 0) is 33.2 Å². The van der Waals surface area contributed by atoms with Gasteiger partial charge in [0.1, 0.15) is 0 Å². The van der Waals surface area contributed by atoms with Crippen molar-refractivity contribution >= 4 is 5.97 Å². The van der Waals surface area contributed by atoms with Gasteiger partial charge in [-0.15, -0.1) is 0 Å². The van der Waals surface area contributed by atoms with E-state index < -0.39 is 0 Å². The summed E-state index contributed by atoms with van der Waals surface area (Å²) < 4.78 is 5.39. The van der Waals surface area contributed by atoms with Crippen LogP contribution in [0.2, 0.25) is 0 Å². The van der Waals surface area contributed by atoms with Gasteiger partial charge in [0.25, 0.3) is 0 Å². The first kappa shape index (κ1) is 27.6. The molecule has 0 aliphatic rings. The molecule has 0 rings (SSSR count). The van der Waals surface area contributed by atoms with Crippen molar-refractivity contribution in [1.29, 1.82) is 0 Å². The summed E-state index contributed by atoms with van der Waals surface area (Å²) in [6.07, 6.45) is 17.3. The second-order valence-corrected chi connectivity index (χ2v) is 8.01. The van der Waals surface area contributed by atoms with Gasteiger partial charge in [0.2, 0.25) is 0 Å². The van der Waals surface area contributed by atoms with E-state index in [0.717, 1.165) is 12.8 Å². The zero-order valence-corrected chi connectivity index (χ0v) is 18.8. The Morgan fingerprint density at radius 3 is 1.46 bits per heavy atom. The van der Waals surface area contributed by atoms with E-state index in [4.69, 9.17) is 4.74 Å². The van der Waals surface area contributed by atoms with Crippen molar-refractivity contribution in [3.05, 3.63) is 0 Å². The van der Waals surface area contributed by atoms with E-state index >= 15 is 0 Å². The van der Waals surface area contributed by atoms with Crippen LogP contribution in [-0.2, 0) is 9.53 Å². The summed E-state index contributed by atoms with van der Waals surface area (Å²) in [5, 5.41) is 0. The number of rotatable bonds is 16. The van der Waals surface area contributed by atoms with Gasteiger partial charge in [-0.3, -0.25) is 4.79 Å². The average Bonchev–Trinajstić information content (AvgIpc) is 2.59. The predicted octanol–water partition coefficient (Wildman–Crippen LogP) is 6.88. The molecule has 0 aliphatic heterocycles. The Morgan fingerprint density at radius 1 is 0.731 bits per heavy atom. The van der Waals surface area contributed by atoms with Crippen molar-refractivity contribution in [2.45, 2.75) is 124 Å². The van der Waals surface area contributed by atoms with Crippen LogP contribution in [0.4, 0.5) is 0 Å². The van der Waals surface area contributed by atoms with Crippen LogP contribution in [0.15, 0.2) is 0 Å². The van der Waals surface area contributed by atoms with Crippen LogP contribution in [0.5, 0.6) is 0 Å². The third-order valence-corrected chi connectivity index (χ3v) is 4.83. The van der Waals surface area contributed by atoms with Crippen molar-refractivity contribution < 1.29 is 9.53 Å². The molecule has 0 fully saturated rings. The number of carbonyl (C=O) groups excluding carboxylic acids is 1. The number of unbranched alkanes of at least 4 members (excludes halogenated alkanes) is 11. The molecule has 2 N–H and O–H groups in total. The zero-order valence-electron chi connectivity index (χ0n) is 18.8. The first-order valence-corrected chi connectivity index (χ1v) is 11.3. The molecule has 0 heterocycles. The summed E-state index contributed by atoms with van der Waals surface area (Å²) in [6, 6.07) is 0. The molecule has 0 saturated heterocycles. The van der Waals surface area contributed by atoms with Gasteiger partial charge in [0, 0.05) is 0 Å². The van der Waals surface area contributed by atoms with Gasteiger partial charge < -0.3 is 10.5 Å². The summed E-state index contributed by atoms with van der Waals surface area (Å²) in [7, 11) is 1.50. The number of esters is 1. The normalized spacial score (nSPS) is 12.0. The molecule has 0 aliphatic carbocycles. The van der Waals surface area contributed by atoms with Gasteiger partial charge in [0.05, 0.1) is 12.0 Å². The molecule has 1 unspecified atom stereocenters. The highest BCUT2D eigenvalue weighted by atomic mass is 16.5. The number of ether oxygens (including phenoxy) is 1. The summed E-state index contributed by atoms with van der Waals surface area (Å²) in [5.74, 6) is 0.461. The molecule has 3 heteroatoms. The lowest BCUT2D eigenvalue weighted by Crippen LogP contribution is -2.25. The smallest absolute Gasteiger partial charge is 0.309 e. The fraction of sp³-hybridized carbons (Fsp3) is 0.957. The first-order valence-electron chi connectivity index (χ1n) is 11.3. The van der Waals surface area contributed by atoms with Gasteiger partial charge in [-0.1, -0.05) is 97.8 Å². The third-order valence-electron chi connectivity index (χ3n) is 4.83. The highest BCUT2D eigenvalue weighted by Crippen LogP contribution is 2.22. The molecule has 0 aromatic carbocycles. The quantitative estimate of drug-likeness (QED) is 0.238. The molecular weight excluding hydrogens is 322 g/mol. The van der Waals surface area contributed by atoms with E-state index in [1.807, 2.05) is 13.8 Å². The fourth-order valence-corrected chi connectivity index (χ4v) is 3.25. The van der Waals surface area contributed by atoms with Crippen molar-refractivity contribution in [1.82, 2.24) is 0 Å². The van der Waals surface area contributed by atoms with Crippen LogP contribution in [0.3, 0.4) is 0 Å². The zero-order chi connectivity index (χ0) is 20.2. The SMILES string of the molecule is CCCCCCCCCCCCCCC(C(=O)OC(C)C)C(C)C.CN. The highest BCUT2D eigenvalue weighted by molar-refractivity contribution is 5.72. The molecule has 0 aromatic rings. The van der Waals surface area contributed by atoms with Crippen molar-refractivity contribution in [3.63, 3.8) is 0 Å². The van der Waals surface area contributed by atoms with E-state index in [2.05, 4.69) is 26.5 Å². The lowest BCUT2D eigenvalue weighted by atomic mass is 9.90. The van der Waals surface area contributed by atoms with Gasteiger partial charge in [0.15, 0.2) is 0 Å². The third kappa shape index (κ3) is 18.2. The van der Waals surface area contributed by atoms with Crippen LogP contribution in [0.1, 0.15) is 118 Å². The Balaban J connectivity index is 0. The molecule has 3 nitrogen and oxygen atoms in total. The maximum atomic E-state index is 12.1. The minimum atomic E-state index is 0.000669. The van der Waals surface area contributed by atoms with E-state index in [9.17, 15) is 4.79 Å². The number of nitrogens with two attached hydrogens (primary N) is 1. The molecule has 158 valence electrons.